The highest BCUT2D eigenvalue weighted by Gasteiger charge is 2.48. The molecule has 1 heterocycles. The minimum Gasteiger partial charge on any atom is -0.476 e. The number of allylic oxidation sites excluding steroid dienone is 2. The lowest BCUT2D eigenvalue weighted by Crippen LogP contribution is -2.50. The normalized spacial score (nSPS) is 28.0. The fourth-order valence-electron chi connectivity index (χ4n) is 6.81. The Balaban J connectivity index is 1.57. The van der Waals surface area contributed by atoms with Crippen molar-refractivity contribution in [2.45, 2.75) is 161 Å². The average molecular weight is 731 g/mol. The molecule has 50 heavy (non-hydrogen) atoms. The number of esters is 2. The maximum absolute atomic E-state index is 13.9. The minimum atomic E-state index is -2.14. The van der Waals surface area contributed by atoms with Crippen LogP contribution < -0.4 is 4.74 Å². The molecular formula is C40H63FO7Si2. The fourth-order valence-corrected chi connectivity index (χ4v) is 9.45. The van der Waals surface area contributed by atoms with Crippen LogP contribution in [0.2, 0.25) is 36.3 Å². The summed E-state index contributed by atoms with van der Waals surface area (Å²) in [5.41, 5.74) is -0.186. The van der Waals surface area contributed by atoms with Crippen LogP contribution >= 0.6 is 0 Å². The molecule has 10 heteroatoms. The van der Waals surface area contributed by atoms with Crippen LogP contribution in [0.4, 0.5) is 4.39 Å². The van der Waals surface area contributed by atoms with E-state index in [0.29, 0.717) is 31.4 Å². The lowest BCUT2D eigenvalue weighted by Gasteiger charge is -2.46. The molecule has 7 atom stereocenters. The second-order valence-corrected chi connectivity index (χ2v) is 27.9. The number of benzene rings is 1. The first kappa shape index (κ1) is 40.5. The Hall–Kier alpha value is -2.28. The van der Waals surface area contributed by atoms with Crippen molar-refractivity contribution in [3.8, 4) is 5.75 Å². The quantitative estimate of drug-likeness (QED) is 0.166. The van der Waals surface area contributed by atoms with Crippen molar-refractivity contribution in [2.24, 2.45) is 17.8 Å². The van der Waals surface area contributed by atoms with E-state index in [1.165, 1.54) is 24.3 Å². The van der Waals surface area contributed by atoms with Crippen molar-refractivity contribution in [1.82, 2.24) is 0 Å². The molecule has 2 aliphatic carbocycles. The summed E-state index contributed by atoms with van der Waals surface area (Å²) in [5, 5.41) is 0.0667. The van der Waals surface area contributed by atoms with Gasteiger partial charge in [-0.1, -0.05) is 66.7 Å². The SMILES string of the molecule is C[C@H]1C=CC2=C[C@@H](O[Si](C)(C)C(C)(C)C)C[C@H](OC(=O)C(C)(C)Oc3ccc(F)cc3)[C@@H]2[C@H]1CC[C@@H]1C[C@@H](O[Si](C)(C)C(C)(C)C)CC(=O)O1. The highest BCUT2D eigenvalue weighted by molar-refractivity contribution is 6.74. The molecule has 280 valence electrons. The lowest BCUT2D eigenvalue weighted by atomic mass is 9.66. The van der Waals surface area contributed by atoms with Gasteiger partial charge in [0.05, 0.1) is 18.6 Å². The van der Waals surface area contributed by atoms with Crippen LogP contribution in [0.1, 0.15) is 94.4 Å². The number of carbonyl (C=O) groups excluding carboxylic acids is 2. The third kappa shape index (κ3) is 9.78. The summed E-state index contributed by atoms with van der Waals surface area (Å²) in [6.07, 6.45) is 8.70. The van der Waals surface area contributed by atoms with E-state index in [-0.39, 0.29) is 57.9 Å². The Kier molecular flexibility index (Phi) is 12.1. The molecule has 1 fully saturated rings. The van der Waals surface area contributed by atoms with Crippen molar-refractivity contribution < 1.29 is 37.0 Å². The van der Waals surface area contributed by atoms with Crippen LogP contribution in [0.5, 0.6) is 5.75 Å². The number of halogens is 1. The maximum atomic E-state index is 13.9. The van der Waals surface area contributed by atoms with E-state index in [9.17, 15) is 14.0 Å². The van der Waals surface area contributed by atoms with Gasteiger partial charge in [-0.25, -0.2) is 9.18 Å². The highest BCUT2D eigenvalue weighted by Crippen LogP contribution is 2.47. The molecule has 3 aliphatic rings. The highest BCUT2D eigenvalue weighted by atomic mass is 28.4. The number of fused-ring (bicyclic) bond motifs is 1. The Morgan fingerprint density at radius 2 is 1.50 bits per heavy atom. The van der Waals surface area contributed by atoms with Gasteiger partial charge in [0.25, 0.3) is 0 Å². The summed E-state index contributed by atoms with van der Waals surface area (Å²) >= 11 is 0. The van der Waals surface area contributed by atoms with E-state index in [4.69, 9.17) is 23.1 Å². The van der Waals surface area contributed by atoms with Crippen LogP contribution in [-0.4, -0.2) is 58.6 Å². The minimum absolute atomic E-state index is 0.0164. The van der Waals surface area contributed by atoms with E-state index in [1.54, 1.807) is 13.8 Å². The molecule has 1 aliphatic heterocycles. The van der Waals surface area contributed by atoms with Gasteiger partial charge in [-0.15, -0.1) is 0 Å². The predicted molar refractivity (Wildman–Crippen MR) is 201 cm³/mol. The Labute approximate surface area is 303 Å². The van der Waals surface area contributed by atoms with E-state index in [0.717, 1.165) is 12.0 Å². The Morgan fingerprint density at radius 3 is 2.10 bits per heavy atom. The smallest absolute Gasteiger partial charge is 0.350 e. The summed E-state index contributed by atoms with van der Waals surface area (Å²) in [6.45, 7) is 27.8. The third-order valence-corrected chi connectivity index (χ3v) is 20.9. The molecule has 1 aromatic carbocycles. The third-order valence-electron chi connectivity index (χ3n) is 11.9. The van der Waals surface area contributed by atoms with Gasteiger partial charge in [0.15, 0.2) is 22.2 Å². The molecule has 0 N–H and O–H groups in total. The first-order valence-corrected chi connectivity index (χ1v) is 24.3. The number of hydrogen-bond acceptors (Lipinski definition) is 7. The predicted octanol–water partition coefficient (Wildman–Crippen LogP) is 9.93. The fraction of sp³-hybridized carbons (Fsp3) is 0.700. The first-order valence-electron chi connectivity index (χ1n) is 18.5. The van der Waals surface area contributed by atoms with Gasteiger partial charge in [-0.3, -0.25) is 4.79 Å². The molecule has 0 bridgehead atoms. The van der Waals surface area contributed by atoms with Gasteiger partial charge in [0.1, 0.15) is 23.8 Å². The molecule has 1 saturated heterocycles. The van der Waals surface area contributed by atoms with Crippen molar-refractivity contribution >= 4 is 28.6 Å². The number of hydrogen-bond donors (Lipinski definition) is 0. The van der Waals surface area contributed by atoms with Crippen LogP contribution in [-0.2, 0) is 27.9 Å². The Morgan fingerprint density at radius 1 is 0.900 bits per heavy atom. The van der Waals surface area contributed by atoms with Crippen molar-refractivity contribution in [3.05, 3.63) is 53.9 Å². The summed E-state index contributed by atoms with van der Waals surface area (Å²) < 4.78 is 45.6. The molecule has 7 nitrogen and oxygen atoms in total. The summed E-state index contributed by atoms with van der Waals surface area (Å²) in [7, 11) is -4.20. The van der Waals surface area contributed by atoms with Gasteiger partial charge in [-0.05, 0) is 105 Å². The lowest BCUT2D eigenvalue weighted by molar-refractivity contribution is -0.171. The van der Waals surface area contributed by atoms with Gasteiger partial charge >= 0.3 is 11.9 Å². The zero-order valence-corrected chi connectivity index (χ0v) is 34.9. The second-order valence-electron chi connectivity index (χ2n) is 18.4. The molecule has 0 spiro atoms. The van der Waals surface area contributed by atoms with Gasteiger partial charge < -0.3 is 23.1 Å². The van der Waals surface area contributed by atoms with Crippen LogP contribution in [0, 0.1) is 23.6 Å². The number of rotatable bonds is 11. The van der Waals surface area contributed by atoms with E-state index >= 15 is 0 Å². The second kappa shape index (κ2) is 15.0. The van der Waals surface area contributed by atoms with Crippen LogP contribution in [0.3, 0.4) is 0 Å². The van der Waals surface area contributed by atoms with Crippen molar-refractivity contribution in [2.75, 3.05) is 0 Å². The molecule has 0 unspecified atom stereocenters. The molecular weight excluding hydrogens is 668 g/mol. The van der Waals surface area contributed by atoms with E-state index in [1.807, 2.05) is 0 Å². The average Bonchev–Trinajstić information content (AvgIpc) is 2.96. The van der Waals surface area contributed by atoms with E-state index < -0.39 is 34.3 Å². The van der Waals surface area contributed by atoms with E-state index in [2.05, 4.69) is 92.9 Å². The zero-order valence-electron chi connectivity index (χ0n) is 32.9. The zero-order chi connectivity index (χ0) is 37.4. The molecule has 4 rings (SSSR count). The van der Waals surface area contributed by atoms with Crippen molar-refractivity contribution in [1.29, 1.82) is 0 Å². The maximum Gasteiger partial charge on any atom is 0.350 e. The number of carbonyl (C=O) groups is 2. The monoisotopic (exact) mass is 730 g/mol. The number of cyclic esters (lactones) is 1. The van der Waals surface area contributed by atoms with Crippen LogP contribution in [0.25, 0.3) is 0 Å². The molecule has 0 amide bonds. The van der Waals surface area contributed by atoms with Gasteiger partial charge in [-0.2, -0.15) is 0 Å². The number of ether oxygens (including phenoxy) is 3. The standard InChI is InChI=1S/C40H63FO7Si2/c1-26-14-15-27-22-31(47-49(10,11)38(2,3)4)24-34(45-37(43)40(8,9)46-29-18-16-28(41)17-19-29)36(27)33(26)21-20-30-23-32(25-35(42)44-30)48-50(12,13)39(5,6)7/h14-19,22,26,30-34,36H,20-21,23-25H2,1-13H3/t26-,30+,31+,32+,33-,34-,36-/m0/s1. The topological polar surface area (TPSA) is 80.3 Å². The molecule has 0 aromatic heterocycles. The van der Waals surface area contributed by atoms with Gasteiger partial charge in [0.2, 0.25) is 0 Å². The summed E-state index contributed by atoms with van der Waals surface area (Å²) in [6, 6.07) is 5.64. The molecule has 0 saturated carbocycles. The molecule has 1 aromatic rings. The Bertz CT molecular complexity index is 1420. The summed E-state index contributed by atoms with van der Waals surface area (Å²) in [5.74, 6) is -0.343. The van der Waals surface area contributed by atoms with Crippen molar-refractivity contribution in [3.63, 3.8) is 0 Å². The van der Waals surface area contributed by atoms with Crippen LogP contribution in [0.15, 0.2) is 48.1 Å². The first-order chi connectivity index (χ1) is 22.9. The molecule has 0 radical (unpaired) electrons. The largest absolute Gasteiger partial charge is 0.476 e. The summed E-state index contributed by atoms with van der Waals surface area (Å²) in [4.78, 5) is 26.7. The van der Waals surface area contributed by atoms with Gasteiger partial charge in [0, 0.05) is 18.8 Å².